The summed E-state index contributed by atoms with van der Waals surface area (Å²) in [5.41, 5.74) is 18.1. The molecule has 0 spiro atoms. The van der Waals surface area contributed by atoms with Gasteiger partial charge in [0.1, 0.15) is 0 Å². The number of hydrogen-bond acceptors (Lipinski definition) is 2. The van der Waals surface area contributed by atoms with Gasteiger partial charge >= 0.3 is 0 Å². The zero-order valence-corrected chi connectivity index (χ0v) is 32.1. The van der Waals surface area contributed by atoms with Crippen molar-refractivity contribution in [2.45, 2.75) is 38.5 Å². The van der Waals surface area contributed by atoms with Gasteiger partial charge in [0.05, 0.1) is 11.4 Å². The summed E-state index contributed by atoms with van der Waals surface area (Å²) < 4.78 is 0. The van der Waals surface area contributed by atoms with Crippen molar-refractivity contribution in [3.63, 3.8) is 0 Å². The van der Waals surface area contributed by atoms with E-state index in [2.05, 4.69) is 191 Å². The number of rotatable bonds is 4. The lowest BCUT2D eigenvalue weighted by molar-refractivity contribution is 0.660. The minimum Gasteiger partial charge on any atom is -0.228 e. The van der Waals surface area contributed by atoms with Crippen LogP contribution >= 0.6 is 0 Å². The maximum absolute atomic E-state index is 5.31. The van der Waals surface area contributed by atoms with E-state index in [1.807, 2.05) is 6.07 Å². The third kappa shape index (κ3) is 4.69. The highest BCUT2D eigenvalue weighted by atomic mass is 14.9. The highest BCUT2D eigenvalue weighted by Crippen LogP contribution is 2.55. The lowest BCUT2D eigenvalue weighted by Crippen LogP contribution is -2.15. The molecule has 0 unspecified atom stereocenters. The first-order valence-corrected chi connectivity index (χ1v) is 19.7. The van der Waals surface area contributed by atoms with Crippen molar-refractivity contribution in [3.05, 3.63) is 192 Å². The smallest absolute Gasteiger partial charge is 0.160 e. The molecule has 0 N–H and O–H groups in total. The zero-order chi connectivity index (χ0) is 37.8. The van der Waals surface area contributed by atoms with Crippen LogP contribution in [0.5, 0.6) is 0 Å². The van der Waals surface area contributed by atoms with E-state index in [-0.39, 0.29) is 10.8 Å². The number of hydrogen-bond donors (Lipinski definition) is 0. The van der Waals surface area contributed by atoms with Gasteiger partial charge in [0.15, 0.2) is 5.82 Å². The molecule has 0 radical (unpaired) electrons. The topological polar surface area (TPSA) is 25.8 Å². The standard InChI is InChI=1S/C54H40N2/c1-53(2)45-23-13-12-21-40(45)44-31-35(26-30-46(44)53)48-32-49(56-52(55-48)34-16-6-5-7-17-34)41-29-28-39(37-19-10-11-20-38(37)41)42-22-14-24-47-50(42)43-27-25-33-15-8-9-18-36(33)51(43)54(47,3)4/h5-32H,1-4H3. The van der Waals surface area contributed by atoms with Crippen LogP contribution in [0.2, 0.25) is 0 Å². The fraction of sp³-hybridized carbons (Fsp3) is 0.111. The van der Waals surface area contributed by atoms with Crippen molar-refractivity contribution in [1.82, 2.24) is 9.97 Å². The Kier molecular flexibility index (Phi) is 6.98. The van der Waals surface area contributed by atoms with E-state index in [9.17, 15) is 0 Å². The number of benzene rings is 8. The summed E-state index contributed by atoms with van der Waals surface area (Å²) in [5, 5.41) is 5.01. The SMILES string of the molecule is CC1(C)c2ccccc2-c2cc(-c3cc(-c4ccc(-c5cccc6c5-c5ccc7ccccc7c5C6(C)C)c5ccccc45)nc(-c4ccccc4)n3)ccc21. The van der Waals surface area contributed by atoms with Crippen molar-refractivity contribution in [3.8, 4) is 67.3 Å². The van der Waals surface area contributed by atoms with E-state index in [4.69, 9.17) is 9.97 Å². The number of nitrogens with zero attached hydrogens (tertiary/aromatic N) is 2. The molecule has 2 aliphatic carbocycles. The van der Waals surface area contributed by atoms with Gasteiger partial charge in [-0.15, -0.1) is 0 Å². The average molecular weight is 717 g/mol. The van der Waals surface area contributed by atoms with Gasteiger partial charge < -0.3 is 0 Å². The molecule has 11 rings (SSSR count). The van der Waals surface area contributed by atoms with Crippen LogP contribution in [0.4, 0.5) is 0 Å². The summed E-state index contributed by atoms with van der Waals surface area (Å²) in [7, 11) is 0. The molecule has 0 amide bonds. The van der Waals surface area contributed by atoms with Crippen LogP contribution in [0.3, 0.4) is 0 Å². The van der Waals surface area contributed by atoms with E-state index in [0.29, 0.717) is 0 Å². The van der Waals surface area contributed by atoms with Gasteiger partial charge in [-0.3, -0.25) is 0 Å². The Balaban J connectivity index is 1.11. The van der Waals surface area contributed by atoms with Crippen molar-refractivity contribution in [2.75, 3.05) is 0 Å². The van der Waals surface area contributed by atoms with Gasteiger partial charge in [-0.05, 0) is 89.3 Å². The summed E-state index contributed by atoms with van der Waals surface area (Å²) in [6.07, 6.45) is 0. The highest BCUT2D eigenvalue weighted by molar-refractivity contribution is 6.09. The molecule has 2 aliphatic rings. The first-order valence-electron chi connectivity index (χ1n) is 19.7. The summed E-state index contributed by atoms with van der Waals surface area (Å²) >= 11 is 0. The van der Waals surface area contributed by atoms with Crippen LogP contribution in [-0.4, -0.2) is 9.97 Å². The summed E-state index contributed by atoms with van der Waals surface area (Å²) in [5.74, 6) is 0.722. The Bertz CT molecular complexity index is 3080. The minimum atomic E-state index is -0.127. The second-order valence-electron chi connectivity index (χ2n) is 16.5. The molecule has 2 nitrogen and oxygen atoms in total. The molecule has 1 heterocycles. The van der Waals surface area contributed by atoms with Crippen LogP contribution in [-0.2, 0) is 10.8 Å². The Morgan fingerprint density at radius 2 is 0.982 bits per heavy atom. The second-order valence-corrected chi connectivity index (χ2v) is 16.5. The minimum absolute atomic E-state index is 0.0539. The molecule has 0 aliphatic heterocycles. The highest BCUT2D eigenvalue weighted by Gasteiger charge is 2.39. The van der Waals surface area contributed by atoms with Crippen LogP contribution in [0.15, 0.2) is 170 Å². The van der Waals surface area contributed by atoms with Gasteiger partial charge in [0.25, 0.3) is 0 Å². The summed E-state index contributed by atoms with van der Waals surface area (Å²) in [6, 6.07) is 62.0. The van der Waals surface area contributed by atoms with Gasteiger partial charge in [0, 0.05) is 27.5 Å². The maximum atomic E-state index is 5.31. The monoisotopic (exact) mass is 716 g/mol. The summed E-state index contributed by atoms with van der Waals surface area (Å²) in [4.78, 5) is 10.6. The molecular weight excluding hydrogens is 677 g/mol. The van der Waals surface area contributed by atoms with Crippen molar-refractivity contribution < 1.29 is 0 Å². The molecule has 56 heavy (non-hydrogen) atoms. The van der Waals surface area contributed by atoms with E-state index in [0.717, 1.165) is 33.9 Å². The fourth-order valence-corrected chi connectivity index (χ4v) is 9.96. The van der Waals surface area contributed by atoms with Crippen LogP contribution in [0.25, 0.3) is 88.8 Å². The van der Waals surface area contributed by atoms with E-state index in [1.165, 1.54) is 77.2 Å². The number of fused-ring (bicyclic) bond motifs is 9. The van der Waals surface area contributed by atoms with Gasteiger partial charge in [-0.1, -0.05) is 185 Å². The third-order valence-electron chi connectivity index (χ3n) is 12.7. The molecule has 0 fully saturated rings. The lowest BCUT2D eigenvalue weighted by atomic mass is 9.80. The molecule has 8 aromatic carbocycles. The van der Waals surface area contributed by atoms with Crippen LogP contribution < -0.4 is 0 Å². The van der Waals surface area contributed by atoms with E-state index < -0.39 is 0 Å². The predicted octanol–water partition coefficient (Wildman–Crippen LogP) is 14.1. The maximum Gasteiger partial charge on any atom is 0.160 e. The largest absolute Gasteiger partial charge is 0.228 e. The predicted molar refractivity (Wildman–Crippen MR) is 234 cm³/mol. The molecule has 2 heteroatoms. The fourth-order valence-electron chi connectivity index (χ4n) is 9.96. The normalized spacial score (nSPS) is 14.4. The summed E-state index contributed by atoms with van der Waals surface area (Å²) in [6.45, 7) is 9.42. The molecule has 0 saturated heterocycles. The Hall–Kier alpha value is -6.64. The Morgan fingerprint density at radius 1 is 0.357 bits per heavy atom. The molecule has 0 bridgehead atoms. The first kappa shape index (κ1) is 32.8. The molecular formula is C54H40N2. The van der Waals surface area contributed by atoms with Crippen LogP contribution in [0.1, 0.15) is 49.9 Å². The van der Waals surface area contributed by atoms with Crippen LogP contribution in [0, 0.1) is 0 Å². The molecule has 0 atom stereocenters. The molecule has 9 aromatic rings. The van der Waals surface area contributed by atoms with E-state index >= 15 is 0 Å². The number of aromatic nitrogens is 2. The second kappa shape index (κ2) is 11.9. The van der Waals surface area contributed by atoms with Crippen molar-refractivity contribution >= 4 is 21.5 Å². The third-order valence-corrected chi connectivity index (χ3v) is 12.7. The van der Waals surface area contributed by atoms with Crippen molar-refractivity contribution in [2.24, 2.45) is 0 Å². The quantitative estimate of drug-likeness (QED) is 0.181. The molecule has 1 aromatic heterocycles. The molecule has 266 valence electrons. The van der Waals surface area contributed by atoms with Gasteiger partial charge in [-0.25, -0.2) is 9.97 Å². The van der Waals surface area contributed by atoms with E-state index in [1.54, 1.807) is 0 Å². The Labute approximate surface area is 328 Å². The van der Waals surface area contributed by atoms with Crippen molar-refractivity contribution in [1.29, 1.82) is 0 Å². The lowest BCUT2D eigenvalue weighted by Gasteiger charge is -2.23. The average Bonchev–Trinajstić information content (AvgIpc) is 3.63. The zero-order valence-electron chi connectivity index (χ0n) is 32.1. The Morgan fingerprint density at radius 3 is 1.82 bits per heavy atom. The first-order chi connectivity index (χ1) is 27.3. The van der Waals surface area contributed by atoms with Gasteiger partial charge in [0.2, 0.25) is 0 Å². The molecule has 0 saturated carbocycles. The van der Waals surface area contributed by atoms with Gasteiger partial charge in [-0.2, -0.15) is 0 Å².